The summed E-state index contributed by atoms with van der Waals surface area (Å²) in [5.41, 5.74) is 3.74. The molecule has 3 aromatic rings. The molecule has 2 aromatic heterocycles. The van der Waals surface area contributed by atoms with E-state index in [2.05, 4.69) is 23.2 Å². The lowest BCUT2D eigenvalue weighted by molar-refractivity contribution is -0.127. The predicted octanol–water partition coefficient (Wildman–Crippen LogP) is 2.81. The molecule has 0 bridgehead atoms. The summed E-state index contributed by atoms with van der Waals surface area (Å²) in [5.74, 6) is 0.444. The summed E-state index contributed by atoms with van der Waals surface area (Å²) in [7, 11) is 0. The molecule has 1 fully saturated rings. The topological polar surface area (TPSA) is 90.7 Å². The molecule has 4 rings (SSSR count). The SMILES string of the molecule is CCc1ccccc1-n1c(SCC(=O)N2CCCC2)nc2n[nH]c(C)c2c1=N. The lowest BCUT2D eigenvalue weighted by Crippen LogP contribution is -2.30. The fraction of sp³-hybridized carbons (Fsp3) is 0.400. The van der Waals surface area contributed by atoms with Crippen molar-refractivity contribution < 1.29 is 4.79 Å². The molecule has 28 heavy (non-hydrogen) atoms. The summed E-state index contributed by atoms with van der Waals surface area (Å²) in [6.45, 7) is 5.68. The Kier molecular flexibility index (Phi) is 5.21. The van der Waals surface area contributed by atoms with Crippen LogP contribution in [0.3, 0.4) is 0 Å². The third kappa shape index (κ3) is 3.32. The van der Waals surface area contributed by atoms with E-state index in [1.807, 2.05) is 34.6 Å². The molecule has 0 saturated carbocycles. The van der Waals surface area contributed by atoms with Crippen LogP contribution in [-0.4, -0.2) is 49.4 Å². The van der Waals surface area contributed by atoms with Gasteiger partial charge in [0.15, 0.2) is 10.8 Å². The average molecular weight is 397 g/mol. The number of benzene rings is 1. The van der Waals surface area contributed by atoms with Crippen molar-refractivity contribution >= 4 is 28.7 Å². The maximum atomic E-state index is 12.5. The van der Waals surface area contributed by atoms with Crippen LogP contribution in [0.5, 0.6) is 0 Å². The predicted molar refractivity (Wildman–Crippen MR) is 110 cm³/mol. The lowest BCUT2D eigenvalue weighted by Gasteiger charge is -2.18. The molecule has 7 nitrogen and oxygen atoms in total. The van der Waals surface area contributed by atoms with Gasteiger partial charge < -0.3 is 4.90 Å². The van der Waals surface area contributed by atoms with E-state index in [0.717, 1.165) is 49.3 Å². The molecule has 1 aliphatic rings. The number of thioether (sulfide) groups is 1. The number of fused-ring (bicyclic) bond motifs is 1. The van der Waals surface area contributed by atoms with Crippen molar-refractivity contribution in [3.05, 3.63) is 41.0 Å². The quantitative estimate of drug-likeness (QED) is 0.512. The Bertz CT molecular complexity index is 1080. The minimum Gasteiger partial charge on any atom is -0.342 e. The summed E-state index contributed by atoms with van der Waals surface area (Å²) >= 11 is 1.38. The van der Waals surface area contributed by atoms with E-state index in [4.69, 9.17) is 10.4 Å². The highest BCUT2D eigenvalue weighted by Crippen LogP contribution is 2.24. The molecule has 0 unspecified atom stereocenters. The first kappa shape index (κ1) is 18.7. The number of carbonyl (C=O) groups excluding carboxylic acids is 1. The minimum absolute atomic E-state index is 0.129. The minimum atomic E-state index is 0.129. The fourth-order valence-corrected chi connectivity index (χ4v) is 4.57. The number of nitrogens with zero attached hydrogens (tertiary/aromatic N) is 4. The number of para-hydroxylation sites is 1. The highest BCUT2D eigenvalue weighted by atomic mass is 32.2. The van der Waals surface area contributed by atoms with Crippen LogP contribution in [0.4, 0.5) is 0 Å². The van der Waals surface area contributed by atoms with Crippen LogP contribution in [-0.2, 0) is 11.2 Å². The number of aromatic nitrogens is 4. The number of hydrogen-bond acceptors (Lipinski definition) is 5. The molecular weight excluding hydrogens is 372 g/mol. The second kappa shape index (κ2) is 7.79. The molecule has 0 atom stereocenters. The molecule has 146 valence electrons. The van der Waals surface area contributed by atoms with E-state index in [-0.39, 0.29) is 5.91 Å². The largest absolute Gasteiger partial charge is 0.342 e. The standard InChI is InChI=1S/C20H24N6OS/c1-3-14-8-4-5-9-15(14)26-18(21)17-13(2)23-24-19(17)22-20(26)28-12-16(27)25-10-6-7-11-25/h4-5,8-9,21H,3,6-7,10-12H2,1-2H3,(H,23,24). The van der Waals surface area contributed by atoms with Crippen LogP contribution in [0.25, 0.3) is 16.7 Å². The first-order valence-corrected chi connectivity index (χ1v) is 10.6. The molecule has 0 spiro atoms. The van der Waals surface area contributed by atoms with Crippen LogP contribution in [0.1, 0.15) is 31.0 Å². The third-order valence-electron chi connectivity index (χ3n) is 5.18. The number of hydrogen-bond donors (Lipinski definition) is 2. The van der Waals surface area contributed by atoms with Gasteiger partial charge in [-0.25, -0.2) is 4.98 Å². The Hall–Kier alpha value is -2.61. The lowest BCUT2D eigenvalue weighted by atomic mass is 10.1. The molecule has 0 radical (unpaired) electrons. The van der Waals surface area contributed by atoms with Crippen molar-refractivity contribution in [2.45, 2.75) is 38.3 Å². The summed E-state index contributed by atoms with van der Waals surface area (Å²) in [4.78, 5) is 19.2. The Morgan fingerprint density at radius 2 is 2.04 bits per heavy atom. The second-order valence-corrected chi connectivity index (χ2v) is 7.93. The number of likely N-dealkylation sites (tertiary alicyclic amines) is 1. The van der Waals surface area contributed by atoms with Gasteiger partial charge in [0.1, 0.15) is 5.49 Å². The van der Waals surface area contributed by atoms with E-state index in [1.165, 1.54) is 11.8 Å². The summed E-state index contributed by atoms with van der Waals surface area (Å²) in [6.07, 6.45) is 3.00. The van der Waals surface area contributed by atoms with E-state index < -0.39 is 0 Å². The average Bonchev–Trinajstić information content (AvgIpc) is 3.36. The summed E-state index contributed by atoms with van der Waals surface area (Å²) in [6, 6.07) is 8.05. The first-order valence-electron chi connectivity index (χ1n) is 9.61. The van der Waals surface area contributed by atoms with E-state index in [0.29, 0.717) is 27.4 Å². The number of carbonyl (C=O) groups is 1. The van der Waals surface area contributed by atoms with Crippen molar-refractivity contribution in [3.8, 4) is 5.69 Å². The Labute approximate surface area is 167 Å². The first-order chi connectivity index (χ1) is 13.6. The van der Waals surface area contributed by atoms with Gasteiger partial charge in [0.05, 0.1) is 16.8 Å². The van der Waals surface area contributed by atoms with Gasteiger partial charge in [0.25, 0.3) is 0 Å². The number of H-pyrrole nitrogens is 1. The van der Waals surface area contributed by atoms with Crippen LogP contribution >= 0.6 is 11.8 Å². The summed E-state index contributed by atoms with van der Waals surface area (Å²) < 4.78 is 1.85. The van der Waals surface area contributed by atoms with E-state index >= 15 is 0 Å². The Balaban J connectivity index is 1.80. The highest BCUT2D eigenvalue weighted by Gasteiger charge is 2.21. The van der Waals surface area contributed by atoms with Crippen molar-refractivity contribution in [2.75, 3.05) is 18.8 Å². The summed E-state index contributed by atoms with van der Waals surface area (Å²) in [5, 5.41) is 17.4. The zero-order valence-corrected chi connectivity index (χ0v) is 17.0. The van der Waals surface area contributed by atoms with Gasteiger partial charge in [-0.2, -0.15) is 5.10 Å². The Morgan fingerprint density at radius 3 is 2.79 bits per heavy atom. The van der Waals surface area contributed by atoms with Crippen molar-refractivity contribution in [1.29, 1.82) is 5.41 Å². The molecule has 0 aliphatic carbocycles. The van der Waals surface area contributed by atoms with Gasteiger partial charge >= 0.3 is 0 Å². The van der Waals surface area contributed by atoms with Gasteiger partial charge in [-0.05, 0) is 37.8 Å². The van der Waals surface area contributed by atoms with Crippen LogP contribution in [0, 0.1) is 12.3 Å². The van der Waals surface area contributed by atoms with Crippen molar-refractivity contribution in [3.63, 3.8) is 0 Å². The van der Waals surface area contributed by atoms with Gasteiger partial charge in [0, 0.05) is 18.8 Å². The van der Waals surface area contributed by atoms with Crippen molar-refractivity contribution in [2.24, 2.45) is 0 Å². The molecular formula is C20H24N6OS. The van der Waals surface area contributed by atoms with Crippen LogP contribution < -0.4 is 5.49 Å². The molecule has 8 heteroatoms. The molecule has 1 aliphatic heterocycles. The van der Waals surface area contributed by atoms with E-state index in [1.54, 1.807) is 0 Å². The third-order valence-corrected chi connectivity index (χ3v) is 6.10. The molecule has 2 N–H and O–H groups in total. The number of aryl methyl sites for hydroxylation is 2. The zero-order chi connectivity index (χ0) is 19.7. The maximum absolute atomic E-state index is 12.5. The number of rotatable bonds is 5. The van der Waals surface area contributed by atoms with Gasteiger partial charge in [-0.1, -0.05) is 36.9 Å². The van der Waals surface area contributed by atoms with Crippen LogP contribution in [0.2, 0.25) is 0 Å². The number of nitrogens with one attached hydrogen (secondary N) is 2. The monoisotopic (exact) mass is 396 g/mol. The van der Waals surface area contributed by atoms with Crippen LogP contribution in [0.15, 0.2) is 29.4 Å². The fourth-order valence-electron chi connectivity index (χ4n) is 3.66. The highest BCUT2D eigenvalue weighted by molar-refractivity contribution is 7.99. The van der Waals surface area contributed by atoms with Gasteiger partial charge in [0.2, 0.25) is 5.91 Å². The van der Waals surface area contributed by atoms with Gasteiger partial charge in [-0.3, -0.25) is 19.9 Å². The molecule has 3 heterocycles. The normalized spacial score (nSPS) is 14.1. The molecule has 1 amide bonds. The second-order valence-electron chi connectivity index (χ2n) is 6.98. The van der Waals surface area contributed by atoms with Crippen molar-refractivity contribution in [1.82, 2.24) is 24.6 Å². The Morgan fingerprint density at radius 1 is 1.29 bits per heavy atom. The maximum Gasteiger partial charge on any atom is 0.233 e. The number of aromatic amines is 1. The van der Waals surface area contributed by atoms with Gasteiger partial charge in [-0.15, -0.1) is 0 Å². The zero-order valence-electron chi connectivity index (χ0n) is 16.2. The molecule has 1 aromatic carbocycles. The van der Waals surface area contributed by atoms with E-state index in [9.17, 15) is 4.79 Å². The smallest absolute Gasteiger partial charge is 0.233 e. The molecule has 1 saturated heterocycles. The number of amides is 1.